The van der Waals surface area contributed by atoms with E-state index in [1.165, 1.54) is 4.90 Å². The molecule has 1 aromatic heterocycles. The quantitative estimate of drug-likeness (QED) is 0.850. The van der Waals surface area contributed by atoms with Gasteiger partial charge in [-0.3, -0.25) is 0 Å². The minimum absolute atomic E-state index is 0.352. The Morgan fingerprint density at radius 1 is 1.33 bits per heavy atom. The number of hydrogen-bond acceptors (Lipinski definition) is 5. The largest absolute Gasteiger partial charge is 0.444 e. The lowest BCUT2D eigenvalue weighted by atomic mass is 10.2. The van der Waals surface area contributed by atoms with Crippen LogP contribution in [0.3, 0.4) is 0 Å². The van der Waals surface area contributed by atoms with Gasteiger partial charge in [-0.15, -0.1) is 0 Å². The molecule has 114 valence electrons. The van der Waals surface area contributed by atoms with Gasteiger partial charge in [0.15, 0.2) is 0 Å². The van der Waals surface area contributed by atoms with E-state index < -0.39 is 5.60 Å². The van der Waals surface area contributed by atoms with Crippen molar-refractivity contribution in [1.82, 2.24) is 9.88 Å². The van der Waals surface area contributed by atoms with Crippen molar-refractivity contribution in [2.24, 2.45) is 0 Å². The van der Waals surface area contributed by atoms with E-state index in [2.05, 4.69) is 4.98 Å². The van der Waals surface area contributed by atoms with Gasteiger partial charge in [-0.25, -0.2) is 9.78 Å². The third-order valence-electron chi connectivity index (χ3n) is 2.72. The van der Waals surface area contributed by atoms with Crippen LogP contribution in [-0.2, 0) is 4.74 Å². The van der Waals surface area contributed by atoms with E-state index in [1.807, 2.05) is 44.9 Å². The van der Waals surface area contributed by atoms with Crippen LogP contribution in [0.5, 0.6) is 0 Å². The number of carbonyl (C=O) groups is 1. The molecule has 0 aliphatic heterocycles. The average molecular weight is 290 g/mol. The van der Waals surface area contributed by atoms with Crippen LogP contribution in [0.1, 0.15) is 26.5 Å². The topological polar surface area (TPSA) is 69.5 Å². The summed E-state index contributed by atoms with van der Waals surface area (Å²) >= 11 is 0. The van der Waals surface area contributed by atoms with Crippen molar-refractivity contribution in [1.29, 1.82) is 5.26 Å². The first-order valence-corrected chi connectivity index (χ1v) is 6.75. The number of pyridine rings is 1. The van der Waals surface area contributed by atoms with Crippen molar-refractivity contribution in [3.8, 4) is 6.07 Å². The number of nitriles is 1. The van der Waals surface area contributed by atoms with E-state index in [0.29, 0.717) is 24.6 Å². The Balaban J connectivity index is 2.54. The molecule has 1 aromatic rings. The lowest BCUT2D eigenvalue weighted by Gasteiger charge is -2.26. The van der Waals surface area contributed by atoms with Crippen LogP contribution in [0.15, 0.2) is 18.2 Å². The molecule has 0 unspecified atom stereocenters. The zero-order valence-electron chi connectivity index (χ0n) is 13.3. The van der Waals surface area contributed by atoms with E-state index in [4.69, 9.17) is 10.00 Å². The van der Waals surface area contributed by atoms with E-state index in [0.717, 1.165) is 0 Å². The van der Waals surface area contributed by atoms with Gasteiger partial charge < -0.3 is 14.5 Å². The molecule has 0 N–H and O–H groups in total. The van der Waals surface area contributed by atoms with E-state index >= 15 is 0 Å². The molecule has 1 heterocycles. The van der Waals surface area contributed by atoms with Gasteiger partial charge in [-0.1, -0.05) is 6.07 Å². The minimum Gasteiger partial charge on any atom is -0.444 e. The highest BCUT2D eigenvalue weighted by atomic mass is 16.6. The third kappa shape index (κ3) is 5.69. The minimum atomic E-state index is -0.500. The van der Waals surface area contributed by atoms with Gasteiger partial charge in [0, 0.05) is 27.2 Å². The van der Waals surface area contributed by atoms with Gasteiger partial charge in [0.05, 0.1) is 0 Å². The average Bonchev–Trinajstić information content (AvgIpc) is 2.42. The first-order valence-electron chi connectivity index (χ1n) is 6.75. The number of carbonyl (C=O) groups excluding carboxylic acids is 1. The molecule has 0 atom stereocenters. The Hall–Kier alpha value is -2.29. The van der Waals surface area contributed by atoms with Crippen molar-refractivity contribution < 1.29 is 9.53 Å². The van der Waals surface area contributed by atoms with Gasteiger partial charge in [0.2, 0.25) is 0 Å². The molecular weight excluding hydrogens is 268 g/mol. The summed E-state index contributed by atoms with van der Waals surface area (Å²) in [5.74, 6) is 0.701. The summed E-state index contributed by atoms with van der Waals surface area (Å²) in [5.41, 5.74) is -0.125. The maximum Gasteiger partial charge on any atom is 0.410 e. The monoisotopic (exact) mass is 290 g/mol. The van der Waals surface area contributed by atoms with E-state index in [-0.39, 0.29) is 6.09 Å². The summed E-state index contributed by atoms with van der Waals surface area (Å²) in [5, 5.41) is 8.84. The molecule has 0 saturated heterocycles. The Labute approximate surface area is 125 Å². The molecule has 0 aromatic carbocycles. The summed E-state index contributed by atoms with van der Waals surface area (Å²) in [6, 6.07) is 7.28. The lowest BCUT2D eigenvalue weighted by molar-refractivity contribution is 0.0303. The van der Waals surface area contributed by atoms with Crippen molar-refractivity contribution in [3.63, 3.8) is 0 Å². The van der Waals surface area contributed by atoms with Gasteiger partial charge in [0.25, 0.3) is 0 Å². The molecule has 0 bridgehead atoms. The fourth-order valence-electron chi connectivity index (χ4n) is 1.54. The van der Waals surface area contributed by atoms with Gasteiger partial charge >= 0.3 is 6.09 Å². The predicted octanol–water partition coefficient (Wildman–Crippen LogP) is 2.26. The number of anilines is 1. The van der Waals surface area contributed by atoms with Crippen molar-refractivity contribution in [2.45, 2.75) is 26.4 Å². The first kappa shape index (κ1) is 16.8. The van der Waals surface area contributed by atoms with Gasteiger partial charge in [-0.05, 0) is 32.9 Å². The van der Waals surface area contributed by atoms with Crippen LogP contribution in [0.25, 0.3) is 0 Å². The van der Waals surface area contributed by atoms with Crippen LogP contribution in [-0.4, -0.2) is 48.8 Å². The Bertz CT molecular complexity index is 531. The summed E-state index contributed by atoms with van der Waals surface area (Å²) in [6.45, 7) is 6.61. The fraction of sp³-hybridized carbons (Fsp3) is 0.533. The number of aromatic nitrogens is 1. The normalized spacial score (nSPS) is 10.7. The van der Waals surface area contributed by atoms with Crippen LogP contribution in [0.4, 0.5) is 10.6 Å². The summed E-state index contributed by atoms with van der Waals surface area (Å²) in [7, 11) is 3.56. The third-order valence-corrected chi connectivity index (χ3v) is 2.72. The summed E-state index contributed by atoms with van der Waals surface area (Å²) < 4.78 is 5.28. The Morgan fingerprint density at radius 2 is 2.00 bits per heavy atom. The standard InChI is InChI=1S/C15H22N4O2/c1-15(2,3)21-14(20)19(5)10-9-18(4)13-8-6-7-12(11-16)17-13/h6-8H,9-10H2,1-5H3. The summed E-state index contributed by atoms with van der Waals surface area (Å²) in [4.78, 5) is 19.5. The van der Waals surface area contributed by atoms with Crippen LogP contribution in [0, 0.1) is 11.3 Å². The second kappa shape index (κ2) is 6.93. The smallest absolute Gasteiger partial charge is 0.410 e. The molecule has 0 aliphatic rings. The van der Waals surface area contributed by atoms with E-state index in [1.54, 1.807) is 19.2 Å². The van der Waals surface area contributed by atoms with Crippen LogP contribution >= 0.6 is 0 Å². The van der Waals surface area contributed by atoms with Crippen molar-refractivity contribution >= 4 is 11.9 Å². The number of ether oxygens (including phenoxy) is 1. The zero-order valence-corrected chi connectivity index (χ0v) is 13.3. The van der Waals surface area contributed by atoms with Crippen molar-refractivity contribution in [3.05, 3.63) is 23.9 Å². The van der Waals surface area contributed by atoms with Gasteiger partial charge in [0.1, 0.15) is 23.2 Å². The molecule has 21 heavy (non-hydrogen) atoms. The molecular formula is C15H22N4O2. The molecule has 0 spiro atoms. The molecule has 6 nitrogen and oxygen atoms in total. The highest BCUT2D eigenvalue weighted by Crippen LogP contribution is 2.11. The molecule has 6 heteroatoms. The Morgan fingerprint density at radius 3 is 2.57 bits per heavy atom. The zero-order chi connectivity index (χ0) is 16.0. The number of amides is 1. The number of nitrogens with zero attached hydrogens (tertiary/aromatic N) is 4. The number of rotatable bonds is 4. The second-order valence-corrected chi connectivity index (χ2v) is 5.82. The molecule has 0 aliphatic carbocycles. The first-order chi connectivity index (χ1) is 9.73. The molecule has 0 fully saturated rings. The van der Waals surface area contributed by atoms with E-state index in [9.17, 15) is 4.79 Å². The van der Waals surface area contributed by atoms with Crippen molar-refractivity contribution in [2.75, 3.05) is 32.1 Å². The van der Waals surface area contributed by atoms with Crippen LogP contribution in [0.2, 0.25) is 0 Å². The molecule has 0 saturated carbocycles. The highest BCUT2D eigenvalue weighted by molar-refractivity contribution is 5.67. The predicted molar refractivity (Wildman–Crippen MR) is 81.1 cm³/mol. The fourth-order valence-corrected chi connectivity index (χ4v) is 1.54. The Kier molecular flexibility index (Phi) is 5.53. The number of likely N-dealkylation sites (N-methyl/N-ethyl adjacent to an activating group) is 2. The molecule has 0 radical (unpaired) electrons. The number of hydrogen-bond donors (Lipinski definition) is 0. The molecule has 1 amide bonds. The van der Waals surface area contributed by atoms with Crippen LogP contribution < -0.4 is 4.90 Å². The second-order valence-electron chi connectivity index (χ2n) is 5.82. The summed E-state index contributed by atoms with van der Waals surface area (Å²) in [6.07, 6.45) is -0.352. The van der Waals surface area contributed by atoms with Gasteiger partial charge in [-0.2, -0.15) is 5.26 Å². The molecule has 1 rings (SSSR count). The maximum atomic E-state index is 11.8. The maximum absolute atomic E-state index is 11.8. The SMILES string of the molecule is CN(CCN(C)c1cccc(C#N)n1)C(=O)OC(C)(C)C. The highest BCUT2D eigenvalue weighted by Gasteiger charge is 2.19. The lowest BCUT2D eigenvalue weighted by Crippen LogP contribution is -2.38.